The van der Waals surface area contributed by atoms with Crippen molar-refractivity contribution in [2.75, 3.05) is 25.7 Å². The van der Waals surface area contributed by atoms with E-state index in [0.29, 0.717) is 29.0 Å². The Morgan fingerprint density at radius 2 is 1.88 bits per heavy atom. The van der Waals surface area contributed by atoms with Crippen LogP contribution in [0.1, 0.15) is 11.1 Å². The van der Waals surface area contributed by atoms with Crippen LogP contribution in [0, 0.1) is 0 Å². The Hall–Kier alpha value is -4.18. The third kappa shape index (κ3) is 5.24. The first-order chi connectivity index (χ1) is 16.3. The second-order valence-corrected chi connectivity index (χ2v) is 7.43. The number of carboxylic acid groups (broad SMARTS) is 1. The molecule has 1 saturated heterocycles. The van der Waals surface area contributed by atoms with E-state index in [4.69, 9.17) is 31.5 Å². The Bertz CT molecular complexity index is 1190. The lowest BCUT2D eigenvalue weighted by Gasteiger charge is -2.29. The van der Waals surface area contributed by atoms with Crippen LogP contribution >= 0.6 is 12.2 Å². The van der Waals surface area contributed by atoms with Gasteiger partial charge >= 0.3 is 5.97 Å². The van der Waals surface area contributed by atoms with E-state index in [1.165, 1.54) is 25.2 Å². The van der Waals surface area contributed by atoms with Crippen molar-refractivity contribution in [3.8, 4) is 17.2 Å². The van der Waals surface area contributed by atoms with Gasteiger partial charge in [0.1, 0.15) is 11.3 Å². The summed E-state index contributed by atoms with van der Waals surface area (Å²) in [6.45, 7) is 3.15. The highest BCUT2D eigenvalue weighted by molar-refractivity contribution is 7.80. The molecular formula is C24H22N2O7S. The zero-order chi connectivity index (χ0) is 24.8. The molecule has 1 heterocycles. The number of benzene rings is 2. The van der Waals surface area contributed by atoms with Crippen LogP contribution in [0.15, 0.2) is 54.6 Å². The molecule has 9 nitrogen and oxygen atoms in total. The van der Waals surface area contributed by atoms with Crippen molar-refractivity contribution >= 4 is 46.9 Å². The van der Waals surface area contributed by atoms with Gasteiger partial charge < -0.3 is 19.3 Å². The van der Waals surface area contributed by atoms with Crippen molar-refractivity contribution in [2.45, 2.75) is 6.42 Å². The molecule has 0 unspecified atom stereocenters. The molecule has 2 N–H and O–H groups in total. The van der Waals surface area contributed by atoms with Gasteiger partial charge in [-0.3, -0.25) is 19.8 Å². The molecule has 0 radical (unpaired) electrons. The number of aliphatic carboxylic acids is 1. The number of carbonyl (C=O) groups excluding carboxylic acids is 2. The van der Waals surface area contributed by atoms with Crippen molar-refractivity contribution in [3.05, 3.63) is 65.8 Å². The average Bonchev–Trinajstić information content (AvgIpc) is 2.81. The van der Waals surface area contributed by atoms with Gasteiger partial charge in [0.2, 0.25) is 0 Å². The van der Waals surface area contributed by atoms with Crippen LogP contribution in [-0.4, -0.2) is 48.8 Å². The van der Waals surface area contributed by atoms with E-state index in [1.807, 2.05) is 0 Å². The van der Waals surface area contributed by atoms with Crippen molar-refractivity contribution in [1.82, 2.24) is 5.32 Å². The number of ether oxygens (including phenoxy) is 3. The molecule has 0 aromatic heterocycles. The largest absolute Gasteiger partial charge is 0.497 e. The van der Waals surface area contributed by atoms with Gasteiger partial charge in [0, 0.05) is 5.56 Å². The lowest BCUT2D eigenvalue weighted by atomic mass is 10.0. The van der Waals surface area contributed by atoms with Crippen molar-refractivity contribution in [2.24, 2.45) is 0 Å². The number of nitrogens with one attached hydrogen (secondary N) is 1. The smallest absolute Gasteiger partial charge is 0.341 e. The van der Waals surface area contributed by atoms with E-state index in [0.717, 1.165) is 0 Å². The number of thiocarbonyl (C=S) groups is 1. The van der Waals surface area contributed by atoms with E-state index in [1.54, 1.807) is 42.5 Å². The molecule has 3 rings (SSSR count). The zero-order valence-corrected chi connectivity index (χ0v) is 19.3. The van der Waals surface area contributed by atoms with Gasteiger partial charge in [-0.05, 0) is 66.7 Å². The monoisotopic (exact) mass is 482 g/mol. The summed E-state index contributed by atoms with van der Waals surface area (Å²) in [6.07, 6.45) is 3.36. The number of carboxylic acids is 1. The predicted octanol–water partition coefficient (Wildman–Crippen LogP) is 2.73. The maximum Gasteiger partial charge on any atom is 0.341 e. The standard InChI is InChI=1S/C24H22N2O7S/c1-4-5-15-10-14(12-19(32-3)21(15)33-13-20(27)28)11-18-22(29)25-24(34)26(23(18)30)16-6-8-17(31-2)9-7-16/h4,6-12H,1,5,13H2,2-3H3,(H,27,28)(H,25,29,34)/b18-11-. The molecule has 1 fully saturated rings. The van der Waals surface area contributed by atoms with Crippen LogP contribution in [0.5, 0.6) is 17.2 Å². The maximum atomic E-state index is 13.3. The molecule has 0 spiro atoms. The SMILES string of the molecule is C=CCc1cc(/C=C2/C(=O)NC(=S)N(c3ccc(OC)cc3)C2=O)cc(OC)c1OCC(=O)O. The quantitative estimate of drug-likeness (QED) is 0.243. The molecule has 0 bridgehead atoms. The first-order valence-electron chi connectivity index (χ1n) is 10.0. The normalized spacial score (nSPS) is 14.6. The summed E-state index contributed by atoms with van der Waals surface area (Å²) in [4.78, 5) is 38.1. The van der Waals surface area contributed by atoms with E-state index in [9.17, 15) is 14.4 Å². The Balaban J connectivity index is 2.03. The lowest BCUT2D eigenvalue weighted by molar-refractivity contribution is -0.139. The van der Waals surface area contributed by atoms with E-state index in [-0.39, 0.29) is 22.2 Å². The van der Waals surface area contributed by atoms with Crippen molar-refractivity contribution < 1.29 is 33.7 Å². The second kappa shape index (κ2) is 10.6. The minimum atomic E-state index is -1.14. The topological polar surface area (TPSA) is 114 Å². The first-order valence-corrected chi connectivity index (χ1v) is 10.4. The molecule has 34 heavy (non-hydrogen) atoms. The fraction of sp³-hybridized carbons (Fsp3) is 0.167. The lowest BCUT2D eigenvalue weighted by Crippen LogP contribution is -2.54. The number of hydrogen-bond acceptors (Lipinski definition) is 7. The first kappa shape index (κ1) is 24.5. The minimum absolute atomic E-state index is 0.0420. The molecule has 1 aliphatic heterocycles. The summed E-state index contributed by atoms with van der Waals surface area (Å²) in [7, 11) is 2.93. The van der Waals surface area contributed by atoms with Crippen LogP contribution < -0.4 is 24.4 Å². The fourth-order valence-electron chi connectivity index (χ4n) is 3.31. The van der Waals surface area contributed by atoms with E-state index < -0.39 is 24.4 Å². The van der Waals surface area contributed by atoms with Crippen LogP contribution in [0.4, 0.5) is 5.69 Å². The number of rotatable bonds is 9. The zero-order valence-electron chi connectivity index (χ0n) is 18.5. The van der Waals surface area contributed by atoms with Crippen molar-refractivity contribution in [3.63, 3.8) is 0 Å². The van der Waals surface area contributed by atoms with Gasteiger partial charge in [-0.25, -0.2) is 4.79 Å². The summed E-state index contributed by atoms with van der Waals surface area (Å²) in [6, 6.07) is 9.86. The summed E-state index contributed by atoms with van der Waals surface area (Å²) in [5, 5.41) is 11.4. The van der Waals surface area contributed by atoms with Gasteiger partial charge in [0.25, 0.3) is 11.8 Å². The van der Waals surface area contributed by atoms with Crippen LogP contribution in [0.25, 0.3) is 6.08 Å². The van der Waals surface area contributed by atoms with Gasteiger partial charge in [0.05, 0.1) is 19.9 Å². The average molecular weight is 483 g/mol. The minimum Gasteiger partial charge on any atom is -0.497 e. The molecule has 2 amide bonds. The molecular weight excluding hydrogens is 460 g/mol. The number of nitrogens with zero attached hydrogens (tertiary/aromatic N) is 1. The summed E-state index contributed by atoms with van der Waals surface area (Å²) < 4.78 is 15.9. The van der Waals surface area contributed by atoms with Crippen LogP contribution in [0.3, 0.4) is 0 Å². The number of hydrogen-bond donors (Lipinski definition) is 2. The molecule has 176 valence electrons. The number of carbonyl (C=O) groups is 3. The Morgan fingerprint density at radius 1 is 1.18 bits per heavy atom. The fourth-order valence-corrected chi connectivity index (χ4v) is 3.59. The molecule has 2 aromatic rings. The van der Waals surface area contributed by atoms with E-state index in [2.05, 4.69) is 11.9 Å². The third-order valence-corrected chi connectivity index (χ3v) is 5.11. The van der Waals surface area contributed by atoms with Gasteiger partial charge in [-0.15, -0.1) is 6.58 Å². The molecule has 1 aliphatic rings. The van der Waals surface area contributed by atoms with Gasteiger partial charge in [0.15, 0.2) is 23.2 Å². The number of amides is 2. The van der Waals surface area contributed by atoms with Crippen molar-refractivity contribution in [1.29, 1.82) is 0 Å². The molecule has 0 saturated carbocycles. The Kier molecular flexibility index (Phi) is 7.64. The highest BCUT2D eigenvalue weighted by Crippen LogP contribution is 2.35. The van der Waals surface area contributed by atoms with Crippen LogP contribution in [0.2, 0.25) is 0 Å². The van der Waals surface area contributed by atoms with E-state index >= 15 is 0 Å². The summed E-state index contributed by atoms with van der Waals surface area (Å²) in [5.74, 6) is -1.29. The number of anilines is 1. The molecule has 2 aromatic carbocycles. The maximum absolute atomic E-state index is 13.3. The Labute approximate surface area is 201 Å². The van der Waals surface area contributed by atoms with Crippen LogP contribution in [-0.2, 0) is 20.8 Å². The number of methoxy groups -OCH3 is 2. The second-order valence-electron chi connectivity index (χ2n) is 7.04. The predicted molar refractivity (Wildman–Crippen MR) is 129 cm³/mol. The molecule has 0 atom stereocenters. The van der Waals surface area contributed by atoms with Gasteiger partial charge in [-0.1, -0.05) is 6.08 Å². The third-order valence-electron chi connectivity index (χ3n) is 4.82. The van der Waals surface area contributed by atoms with Gasteiger partial charge in [-0.2, -0.15) is 0 Å². The molecule has 0 aliphatic carbocycles. The Morgan fingerprint density at radius 3 is 2.47 bits per heavy atom. The summed E-state index contributed by atoms with van der Waals surface area (Å²) in [5.41, 5.74) is 1.37. The number of allylic oxidation sites excluding steroid dienone is 1. The molecule has 10 heteroatoms. The highest BCUT2D eigenvalue weighted by Gasteiger charge is 2.34. The summed E-state index contributed by atoms with van der Waals surface area (Å²) >= 11 is 5.22. The highest BCUT2D eigenvalue weighted by atomic mass is 32.1.